The van der Waals surface area contributed by atoms with E-state index in [9.17, 15) is 14.9 Å². The van der Waals surface area contributed by atoms with E-state index >= 15 is 0 Å². The molecule has 0 saturated carbocycles. The van der Waals surface area contributed by atoms with Gasteiger partial charge in [-0.2, -0.15) is 10.4 Å². The number of nitrogen functional groups attached to an aromatic ring is 1. The molecule has 2 heterocycles. The number of nitrogens with zero attached hydrogens (tertiary/aromatic N) is 3. The maximum absolute atomic E-state index is 12.2. The molecule has 146 valence electrons. The molecular formula is C19H15N5O4S. The Hall–Kier alpha value is -3.97. The second-order valence-electron chi connectivity index (χ2n) is 6.06. The Morgan fingerprint density at radius 3 is 2.76 bits per heavy atom. The molecule has 0 unspecified atom stereocenters. The zero-order chi connectivity index (χ0) is 21.1. The molecule has 2 aromatic heterocycles. The lowest BCUT2D eigenvalue weighted by Crippen LogP contribution is -2.17. The molecule has 0 aliphatic heterocycles. The van der Waals surface area contributed by atoms with Crippen LogP contribution in [0.2, 0.25) is 0 Å². The third-order valence-corrected chi connectivity index (χ3v) is 5.28. The molecule has 0 atom stereocenters. The van der Waals surface area contributed by atoms with Crippen LogP contribution in [0.3, 0.4) is 0 Å². The Morgan fingerprint density at radius 1 is 1.38 bits per heavy atom. The van der Waals surface area contributed by atoms with Crippen LogP contribution in [0, 0.1) is 35.3 Å². The third kappa shape index (κ3) is 3.99. The maximum atomic E-state index is 12.2. The number of benzene rings is 1. The molecule has 0 aliphatic carbocycles. The number of thiophene rings is 1. The number of nitrogens with two attached hydrogens (primary N) is 1. The summed E-state index contributed by atoms with van der Waals surface area (Å²) in [6, 6.07) is 9.83. The summed E-state index contributed by atoms with van der Waals surface area (Å²) in [5.41, 5.74) is 10.3. The van der Waals surface area contributed by atoms with E-state index in [1.54, 1.807) is 32.0 Å². The van der Waals surface area contributed by atoms with E-state index in [0.29, 0.717) is 38.7 Å². The van der Waals surface area contributed by atoms with Crippen LogP contribution in [0.25, 0.3) is 11.3 Å². The molecule has 0 spiro atoms. The number of hydrazone groups is 1. The van der Waals surface area contributed by atoms with Crippen molar-refractivity contribution in [3.8, 4) is 17.4 Å². The lowest BCUT2D eigenvalue weighted by atomic mass is 10.1. The second kappa shape index (κ2) is 7.95. The number of anilines is 1. The summed E-state index contributed by atoms with van der Waals surface area (Å²) in [5, 5.41) is 24.0. The van der Waals surface area contributed by atoms with Crippen molar-refractivity contribution >= 4 is 34.1 Å². The van der Waals surface area contributed by atoms with Gasteiger partial charge in [-0.25, -0.2) is 5.43 Å². The van der Waals surface area contributed by atoms with Crippen molar-refractivity contribution < 1.29 is 14.1 Å². The molecule has 29 heavy (non-hydrogen) atoms. The van der Waals surface area contributed by atoms with E-state index in [1.807, 2.05) is 6.07 Å². The van der Waals surface area contributed by atoms with Crippen molar-refractivity contribution in [2.24, 2.45) is 5.10 Å². The highest BCUT2D eigenvalue weighted by molar-refractivity contribution is 7.18. The van der Waals surface area contributed by atoms with E-state index < -0.39 is 10.8 Å². The minimum Gasteiger partial charge on any atom is -0.455 e. The highest BCUT2D eigenvalue weighted by Gasteiger charge is 2.18. The van der Waals surface area contributed by atoms with Crippen molar-refractivity contribution in [2.45, 2.75) is 13.8 Å². The average Bonchev–Trinajstić information content (AvgIpc) is 3.25. The second-order valence-corrected chi connectivity index (χ2v) is 7.12. The van der Waals surface area contributed by atoms with Gasteiger partial charge in [0.25, 0.3) is 11.6 Å². The first-order valence-electron chi connectivity index (χ1n) is 8.29. The fourth-order valence-corrected chi connectivity index (χ4v) is 3.62. The summed E-state index contributed by atoms with van der Waals surface area (Å²) in [7, 11) is 0. The smallest absolute Gasteiger partial charge is 0.281 e. The number of furan rings is 1. The summed E-state index contributed by atoms with van der Waals surface area (Å²) < 4.78 is 5.67. The molecule has 0 saturated heterocycles. The number of hydrogen-bond acceptors (Lipinski definition) is 8. The molecule has 1 aromatic carbocycles. The number of nitriles is 1. The van der Waals surface area contributed by atoms with E-state index in [-0.39, 0.29) is 10.7 Å². The van der Waals surface area contributed by atoms with Gasteiger partial charge in [0.2, 0.25) is 0 Å². The molecule has 9 nitrogen and oxygen atoms in total. The monoisotopic (exact) mass is 409 g/mol. The Kier molecular flexibility index (Phi) is 5.43. The van der Waals surface area contributed by atoms with Crippen LogP contribution in [0.5, 0.6) is 0 Å². The number of nitro benzene ring substituents is 1. The van der Waals surface area contributed by atoms with Gasteiger partial charge in [-0.3, -0.25) is 14.9 Å². The van der Waals surface area contributed by atoms with Crippen LogP contribution in [0.4, 0.5) is 10.7 Å². The van der Waals surface area contributed by atoms with E-state index in [2.05, 4.69) is 10.5 Å². The van der Waals surface area contributed by atoms with Gasteiger partial charge < -0.3 is 10.2 Å². The number of hydrogen-bond donors (Lipinski definition) is 2. The Balaban J connectivity index is 1.72. The number of carbonyl (C=O) groups is 1. The molecule has 0 fully saturated rings. The topological polar surface area (TPSA) is 148 Å². The van der Waals surface area contributed by atoms with Crippen LogP contribution in [0.1, 0.15) is 32.1 Å². The standard InChI is InChI=1S/C19H15N5O4S/c1-10-7-12(24(26)27)3-5-14(10)16-6-4-13(28-16)9-22-23-19(25)17-11(2)15(8-20)18(21)29-17/h3-7,9H,21H2,1-2H3,(H,23,25). The molecule has 0 radical (unpaired) electrons. The highest BCUT2D eigenvalue weighted by atomic mass is 32.1. The minimum absolute atomic E-state index is 0.00590. The summed E-state index contributed by atoms with van der Waals surface area (Å²) in [6.07, 6.45) is 1.33. The Bertz CT molecular complexity index is 1190. The van der Waals surface area contributed by atoms with Gasteiger partial charge in [0.15, 0.2) is 0 Å². The van der Waals surface area contributed by atoms with Gasteiger partial charge in [0, 0.05) is 17.7 Å². The van der Waals surface area contributed by atoms with E-state index in [4.69, 9.17) is 15.4 Å². The first-order chi connectivity index (χ1) is 13.8. The summed E-state index contributed by atoms with van der Waals surface area (Å²) in [6.45, 7) is 3.40. The Morgan fingerprint density at radius 2 is 2.14 bits per heavy atom. The van der Waals surface area contributed by atoms with Crippen molar-refractivity contribution in [3.05, 3.63) is 67.8 Å². The molecule has 3 aromatic rings. The molecule has 10 heteroatoms. The van der Waals surface area contributed by atoms with Gasteiger partial charge in [-0.05, 0) is 43.2 Å². The molecule has 0 bridgehead atoms. The SMILES string of the molecule is Cc1cc([N+](=O)[O-])ccc1-c1ccc(C=NNC(=O)c2sc(N)c(C#N)c2C)o1. The van der Waals surface area contributed by atoms with E-state index in [1.165, 1.54) is 18.3 Å². The number of aryl methyl sites for hydroxylation is 1. The van der Waals surface area contributed by atoms with Crippen molar-refractivity contribution in [2.75, 3.05) is 5.73 Å². The largest absolute Gasteiger partial charge is 0.455 e. The molecule has 3 N–H and O–H groups in total. The van der Waals surface area contributed by atoms with Crippen LogP contribution < -0.4 is 11.2 Å². The number of nitrogens with one attached hydrogen (secondary N) is 1. The summed E-state index contributed by atoms with van der Waals surface area (Å²) >= 11 is 1.02. The third-order valence-electron chi connectivity index (χ3n) is 4.16. The van der Waals surface area contributed by atoms with Gasteiger partial charge >= 0.3 is 0 Å². The van der Waals surface area contributed by atoms with E-state index in [0.717, 1.165) is 11.3 Å². The summed E-state index contributed by atoms with van der Waals surface area (Å²) in [5.74, 6) is 0.429. The number of nitro groups is 1. The number of rotatable bonds is 5. The summed E-state index contributed by atoms with van der Waals surface area (Å²) in [4.78, 5) is 22.9. The normalized spacial score (nSPS) is 10.8. The Labute approximate surface area is 169 Å². The zero-order valence-electron chi connectivity index (χ0n) is 15.4. The van der Waals surface area contributed by atoms with Crippen molar-refractivity contribution in [1.82, 2.24) is 5.43 Å². The molecule has 0 aliphatic rings. The lowest BCUT2D eigenvalue weighted by molar-refractivity contribution is -0.384. The van der Waals surface area contributed by atoms with Crippen LogP contribution in [-0.4, -0.2) is 17.0 Å². The predicted octanol–water partition coefficient (Wildman–Crippen LogP) is 3.75. The highest BCUT2D eigenvalue weighted by Crippen LogP contribution is 2.30. The zero-order valence-corrected chi connectivity index (χ0v) is 16.2. The van der Waals surface area contributed by atoms with Crippen LogP contribution >= 0.6 is 11.3 Å². The molecule has 1 amide bonds. The number of carbonyl (C=O) groups excluding carboxylic acids is 1. The maximum Gasteiger partial charge on any atom is 0.281 e. The average molecular weight is 409 g/mol. The van der Waals surface area contributed by atoms with Crippen molar-refractivity contribution in [3.63, 3.8) is 0 Å². The van der Waals surface area contributed by atoms with Crippen molar-refractivity contribution in [1.29, 1.82) is 5.26 Å². The first-order valence-corrected chi connectivity index (χ1v) is 9.11. The van der Waals surface area contributed by atoms with Gasteiger partial charge in [0.1, 0.15) is 27.5 Å². The predicted molar refractivity (Wildman–Crippen MR) is 109 cm³/mol. The quantitative estimate of drug-likeness (QED) is 0.372. The van der Waals surface area contributed by atoms with Gasteiger partial charge in [0.05, 0.1) is 16.7 Å². The van der Waals surface area contributed by atoms with Gasteiger partial charge in [-0.1, -0.05) is 0 Å². The van der Waals surface area contributed by atoms with Crippen LogP contribution in [0.15, 0.2) is 39.9 Å². The van der Waals surface area contributed by atoms with Crippen LogP contribution in [-0.2, 0) is 0 Å². The first kappa shape index (κ1) is 19.8. The fourth-order valence-electron chi connectivity index (χ4n) is 2.70. The van der Waals surface area contributed by atoms with Gasteiger partial charge in [-0.15, -0.1) is 11.3 Å². The molecule has 3 rings (SSSR count). The minimum atomic E-state index is -0.477. The fraction of sp³-hybridized carbons (Fsp3) is 0.105. The number of amides is 1. The lowest BCUT2D eigenvalue weighted by Gasteiger charge is -2.02. The number of non-ortho nitro benzene ring substituents is 1. The molecular weight excluding hydrogens is 394 g/mol.